The van der Waals surface area contributed by atoms with E-state index in [2.05, 4.69) is 12.1 Å². The molecule has 0 radical (unpaired) electrons. The van der Waals surface area contributed by atoms with Crippen molar-refractivity contribution in [1.82, 2.24) is 0 Å². The zero-order valence-corrected chi connectivity index (χ0v) is 21.3. The van der Waals surface area contributed by atoms with Crippen LogP contribution in [0.4, 0.5) is 0 Å². The molecule has 0 saturated heterocycles. The molecule has 2 aromatic carbocycles. The summed E-state index contributed by atoms with van der Waals surface area (Å²) in [4.78, 5) is 13.9. The van der Waals surface area contributed by atoms with E-state index in [1.807, 2.05) is 41.5 Å². The summed E-state index contributed by atoms with van der Waals surface area (Å²) in [5, 5.41) is 10.6. The Morgan fingerprint density at radius 2 is 1.61 bits per heavy atom. The highest BCUT2D eigenvalue weighted by Crippen LogP contribution is 2.41. The molecule has 2 aromatic rings. The maximum atomic E-state index is 13.7. The Labute approximate surface area is 197 Å². The Hall–Kier alpha value is -2.44. The van der Waals surface area contributed by atoms with Gasteiger partial charge in [0.05, 0.1) is 10.5 Å². The van der Waals surface area contributed by atoms with Gasteiger partial charge in [-0.05, 0) is 61.6 Å². The van der Waals surface area contributed by atoms with E-state index in [1.54, 1.807) is 24.3 Å². The summed E-state index contributed by atoms with van der Waals surface area (Å²) in [6.45, 7) is 11.7. The number of allylic oxidation sites excluding steroid dienone is 2. The van der Waals surface area contributed by atoms with Gasteiger partial charge in [0, 0.05) is 24.0 Å². The third-order valence-electron chi connectivity index (χ3n) is 6.08. The van der Waals surface area contributed by atoms with Gasteiger partial charge in [-0.1, -0.05) is 50.6 Å². The maximum Gasteiger partial charge on any atom is 0.201 e. The van der Waals surface area contributed by atoms with E-state index in [-0.39, 0.29) is 16.6 Å². The summed E-state index contributed by atoms with van der Waals surface area (Å²) >= 11 is 0. The van der Waals surface area contributed by atoms with Crippen molar-refractivity contribution in [2.24, 2.45) is 11.3 Å². The van der Waals surface area contributed by atoms with Crippen LogP contribution < -0.4 is 0 Å². The average Bonchev–Trinajstić information content (AvgIpc) is 2.95. The van der Waals surface area contributed by atoms with Gasteiger partial charge < -0.3 is 9.84 Å². The van der Waals surface area contributed by atoms with Crippen LogP contribution in [0.2, 0.25) is 0 Å². The molecule has 6 heteroatoms. The number of hydrogen-bond donors (Lipinski definition) is 1. The number of ether oxygens (including phenoxy) is 1. The molecular weight excluding hydrogens is 436 g/mol. The quantitative estimate of drug-likeness (QED) is 0.605. The highest BCUT2D eigenvalue weighted by Gasteiger charge is 2.38. The number of benzene rings is 2. The maximum absolute atomic E-state index is 13.7. The van der Waals surface area contributed by atoms with E-state index in [1.165, 1.54) is 6.26 Å². The van der Waals surface area contributed by atoms with Crippen molar-refractivity contribution < 1.29 is 23.1 Å². The summed E-state index contributed by atoms with van der Waals surface area (Å²) < 4.78 is 29.5. The predicted octanol–water partition coefficient (Wildman–Crippen LogP) is 4.94. The molecule has 0 amide bonds. The fourth-order valence-corrected chi connectivity index (χ4v) is 4.97. The zero-order chi connectivity index (χ0) is 24.7. The van der Waals surface area contributed by atoms with Crippen molar-refractivity contribution in [3.05, 3.63) is 70.0 Å². The van der Waals surface area contributed by atoms with Crippen molar-refractivity contribution in [2.45, 2.75) is 65.6 Å². The van der Waals surface area contributed by atoms with Crippen LogP contribution in [0, 0.1) is 32.1 Å². The largest absolute Gasteiger partial charge is 0.468 e. The van der Waals surface area contributed by atoms with Crippen LogP contribution in [-0.4, -0.2) is 31.9 Å². The monoisotopic (exact) mass is 470 g/mol. The molecule has 1 aliphatic rings. The molecule has 1 N–H and O–H groups in total. The number of aliphatic hydroxyl groups is 1. The first-order chi connectivity index (χ1) is 15.2. The Bertz CT molecular complexity index is 1180. The molecule has 0 bridgehead atoms. The first-order valence-corrected chi connectivity index (χ1v) is 13.1. The topological polar surface area (TPSA) is 80.7 Å². The number of Topliss-reactive ketones (excluding diaryl/α,β-unsaturated/α-hetero) is 1. The van der Waals surface area contributed by atoms with Gasteiger partial charge in [0.2, 0.25) is 6.29 Å². The number of carbonyl (C=O) groups excluding carboxylic acids is 1. The minimum absolute atomic E-state index is 0.00616. The molecule has 2 atom stereocenters. The summed E-state index contributed by atoms with van der Waals surface area (Å²) in [5.74, 6) is 0.176. The number of hydrogen-bond acceptors (Lipinski definition) is 5. The third kappa shape index (κ3) is 5.56. The van der Waals surface area contributed by atoms with Gasteiger partial charge in [-0.2, -0.15) is 0 Å². The molecule has 178 valence electrons. The molecule has 5 nitrogen and oxygen atoms in total. The smallest absolute Gasteiger partial charge is 0.201 e. The van der Waals surface area contributed by atoms with Gasteiger partial charge in [-0.15, -0.1) is 0 Å². The molecule has 1 aliphatic carbocycles. The number of carbonyl (C=O) groups is 1. The van der Waals surface area contributed by atoms with E-state index >= 15 is 0 Å². The number of aryl methyl sites for hydroxylation is 3. The lowest BCUT2D eigenvalue weighted by atomic mass is 9.89. The first-order valence-electron chi connectivity index (χ1n) is 11.2. The summed E-state index contributed by atoms with van der Waals surface area (Å²) in [7, 11) is -3.27. The van der Waals surface area contributed by atoms with E-state index in [0.717, 1.165) is 27.8 Å². The highest BCUT2D eigenvalue weighted by molar-refractivity contribution is 7.90. The second kappa shape index (κ2) is 9.07. The van der Waals surface area contributed by atoms with Crippen LogP contribution in [0.5, 0.6) is 0 Å². The SMILES string of the molecule is Cc1cc(C)c(C2=C(OC(O)C(C)(C)C)CC(Cc3ccc(S(C)(=O)=O)cc3)C2=O)c(C)c1. The number of ketones is 1. The number of aliphatic hydroxyl groups excluding tert-OH is 1. The average molecular weight is 471 g/mol. The molecule has 0 aliphatic heterocycles. The Balaban J connectivity index is 1.98. The lowest BCUT2D eigenvalue weighted by molar-refractivity contribution is -0.133. The molecule has 0 fully saturated rings. The minimum Gasteiger partial charge on any atom is -0.468 e. The third-order valence-corrected chi connectivity index (χ3v) is 7.21. The number of rotatable bonds is 6. The second-order valence-electron chi connectivity index (χ2n) is 10.3. The summed E-state index contributed by atoms with van der Waals surface area (Å²) in [5.41, 5.74) is 4.93. The molecule has 0 heterocycles. The second-order valence-corrected chi connectivity index (χ2v) is 12.3. The highest BCUT2D eigenvalue weighted by atomic mass is 32.2. The van der Waals surface area contributed by atoms with Gasteiger partial charge in [-0.3, -0.25) is 4.79 Å². The van der Waals surface area contributed by atoms with Gasteiger partial charge in [0.15, 0.2) is 15.6 Å². The van der Waals surface area contributed by atoms with Crippen LogP contribution in [0.25, 0.3) is 5.57 Å². The van der Waals surface area contributed by atoms with Gasteiger partial charge >= 0.3 is 0 Å². The zero-order valence-electron chi connectivity index (χ0n) is 20.5. The van der Waals surface area contributed by atoms with Gasteiger partial charge in [0.25, 0.3) is 0 Å². The molecule has 2 unspecified atom stereocenters. The molecule has 33 heavy (non-hydrogen) atoms. The minimum atomic E-state index is -3.27. The fraction of sp³-hybridized carbons (Fsp3) is 0.444. The molecule has 0 spiro atoms. The lowest BCUT2D eigenvalue weighted by Crippen LogP contribution is -2.28. The van der Waals surface area contributed by atoms with Crippen LogP contribution in [0.15, 0.2) is 47.1 Å². The lowest BCUT2D eigenvalue weighted by Gasteiger charge is -2.27. The molecule has 0 aromatic heterocycles. The predicted molar refractivity (Wildman–Crippen MR) is 130 cm³/mol. The van der Waals surface area contributed by atoms with Crippen LogP contribution in [0.3, 0.4) is 0 Å². The summed E-state index contributed by atoms with van der Waals surface area (Å²) in [6.07, 6.45) is 0.986. The van der Waals surface area contributed by atoms with Gasteiger partial charge in [-0.25, -0.2) is 8.42 Å². The fourth-order valence-electron chi connectivity index (χ4n) is 4.34. The Morgan fingerprint density at radius 3 is 2.09 bits per heavy atom. The first kappa shape index (κ1) is 25.2. The normalized spacial score (nSPS) is 18.1. The summed E-state index contributed by atoms with van der Waals surface area (Å²) in [6, 6.07) is 10.8. The van der Waals surface area contributed by atoms with Crippen LogP contribution in [0.1, 0.15) is 55.0 Å². The standard InChI is InChI=1S/C27H34O5S/c1-16-12-17(2)23(18(3)13-16)24-22(32-26(29)27(4,5)6)15-20(25(24)28)14-19-8-10-21(11-9-19)33(7,30)31/h8-13,20,26,29H,14-15H2,1-7H3. The van der Waals surface area contributed by atoms with Crippen molar-refractivity contribution in [3.63, 3.8) is 0 Å². The number of sulfone groups is 1. The van der Waals surface area contributed by atoms with Crippen molar-refractivity contribution >= 4 is 21.2 Å². The Morgan fingerprint density at radius 1 is 1.06 bits per heavy atom. The molecule has 0 saturated carbocycles. The van der Waals surface area contributed by atoms with Crippen molar-refractivity contribution in [2.75, 3.05) is 6.26 Å². The Kier molecular flexibility index (Phi) is 6.92. The van der Waals surface area contributed by atoms with Crippen LogP contribution in [-0.2, 0) is 25.8 Å². The van der Waals surface area contributed by atoms with Gasteiger partial charge in [0.1, 0.15) is 5.76 Å². The van der Waals surface area contributed by atoms with E-state index in [0.29, 0.717) is 24.2 Å². The van der Waals surface area contributed by atoms with E-state index in [4.69, 9.17) is 4.74 Å². The molecular formula is C27H34O5S. The molecule has 3 rings (SSSR count). The van der Waals surface area contributed by atoms with Crippen LogP contribution >= 0.6 is 0 Å². The van der Waals surface area contributed by atoms with Crippen molar-refractivity contribution in [1.29, 1.82) is 0 Å². The van der Waals surface area contributed by atoms with E-state index < -0.39 is 21.5 Å². The van der Waals surface area contributed by atoms with E-state index in [9.17, 15) is 18.3 Å². The van der Waals surface area contributed by atoms with Crippen molar-refractivity contribution in [3.8, 4) is 0 Å².